The van der Waals surface area contributed by atoms with Crippen LogP contribution in [0.25, 0.3) is 11.1 Å². The van der Waals surface area contributed by atoms with Crippen molar-refractivity contribution in [2.45, 2.75) is 26.3 Å². The maximum atomic E-state index is 13.0. The van der Waals surface area contributed by atoms with Gasteiger partial charge in [-0.15, -0.1) is 0 Å². The SMILES string of the molecule is Cc1ccc(OCCN)cc1C(=O)N[C@H](C)c1cccc(-c2ccc3c(c2)CCO3)c1. The van der Waals surface area contributed by atoms with Gasteiger partial charge in [0.1, 0.15) is 18.1 Å². The molecule has 1 aliphatic rings. The Morgan fingerprint density at radius 3 is 2.81 bits per heavy atom. The molecule has 0 saturated carbocycles. The van der Waals surface area contributed by atoms with Crippen LogP contribution in [0.1, 0.15) is 40.0 Å². The van der Waals surface area contributed by atoms with Gasteiger partial charge in [0.15, 0.2) is 0 Å². The van der Waals surface area contributed by atoms with Crippen LogP contribution in [0.4, 0.5) is 0 Å². The Labute approximate surface area is 183 Å². The van der Waals surface area contributed by atoms with Gasteiger partial charge in [0.05, 0.1) is 12.6 Å². The summed E-state index contributed by atoms with van der Waals surface area (Å²) >= 11 is 0. The standard InChI is InChI=1S/C26H28N2O3/c1-17-6-8-23(30-13-11-27)16-24(17)26(29)28-18(2)19-4-3-5-20(14-19)21-7-9-25-22(15-21)10-12-31-25/h3-9,14-16,18H,10-13,27H2,1-2H3,(H,28,29)/t18-/m1/s1. The summed E-state index contributed by atoms with van der Waals surface area (Å²) in [6.07, 6.45) is 0.947. The Morgan fingerprint density at radius 2 is 1.97 bits per heavy atom. The average molecular weight is 417 g/mol. The number of carbonyl (C=O) groups excluding carboxylic acids is 1. The van der Waals surface area contributed by atoms with E-state index in [0.29, 0.717) is 24.5 Å². The van der Waals surface area contributed by atoms with Crippen LogP contribution < -0.4 is 20.5 Å². The molecule has 0 bridgehead atoms. The number of hydrogen-bond acceptors (Lipinski definition) is 4. The molecule has 0 fully saturated rings. The number of nitrogens with two attached hydrogens (primary N) is 1. The molecule has 3 aromatic rings. The second-order valence-corrected chi connectivity index (χ2v) is 7.86. The topological polar surface area (TPSA) is 73.6 Å². The zero-order valence-electron chi connectivity index (χ0n) is 18.0. The van der Waals surface area contributed by atoms with Gasteiger partial charge in [-0.25, -0.2) is 0 Å². The third kappa shape index (κ3) is 4.72. The van der Waals surface area contributed by atoms with E-state index in [1.807, 2.05) is 44.2 Å². The molecule has 3 N–H and O–H groups in total. The fraction of sp³-hybridized carbons (Fsp3) is 0.269. The maximum absolute atomic E-state index is 13.0. The van der Waals surface area contributed by atoms with Crippen molar-refractivity contribution in [3.63, 3.8) is 0 Å². The lowest BCUT2D eigenvalue weighted by atomic mass is 9.98. The molecule has 0 radical (unpaired) electrons. The summed E-state index contributed by atoms with van der Waals surface area (Å²) in [6.45, 7) is 5.52. The van der Waals surface area contributed by atoms with E-state index in [4.69, 9.17) is 15.2 Å². The predicted molar refractivity (Wildman–Crippen MR) is 123 cm³/mol. The number of fused-ring (bicyclic) bond motifs is 1. The summed E-state index contributed by atoms with van der Waals surface area (Å²) in [5.41, 5.74) is 11.6. The normalized spacial score (nSPS) is 13.3. The molecule has 0 unspecified atom stereocenters. The number of amides is 1. The highest BCUT2D eigenvalue weighted by Gasteiger charge is 2.16. The molecule has 160 valence electrons. The van der Waals surface area contributed by atoms with E-state index in [1.165, 1.54) is 5.56 Å². The molecule has 0 aliphatic carbocycles. The monoisotopic (exact) mass is 416 g/mol. The van der Waals surface area contributed by atoms with Crippen LogP contribution in [0.15, 0.2) is 60.7 Å². The Hall–Kier alpha value is -3.31. The molecule has 4 rings (SSSR count). The van der Waals surface area contributed by atoms with Crippen molar-refractivity contribution < 1.29 is 14.3 Å². The third-order valence-electron chi connectivity index (χ3n) is 5.60. The molecule has 1 atom stereocenters. The fourth-order valence-corrected chi connectivity index (χ4v) is 3.82. The van der Waals surface area contributed by atoms with Gasteiger partial charge in [-0.2, -0.15) is 0 Å². The minimum Gasteiger partial charge on any atom is -0.493 e. The third-order valence-corrected chi connectivity index (χ3v) is 5.60. The molecule has 1 heterocycles. The molecule has 0 spiro atoms. The van der Waals surface area contributed by atoms with Crippen LogP contribution in [0.5, 0.6) is 11.5 Å². The lowest BCUT2D eigenvalue weighted by molar-refractivity contribution is 0.0939. The van der Waals surface area contributed by atoms with Crippen LogP contribution in [0, 0.1) is 6.92 Å². The van der Waals surface area contributed by atoms with E-state index >= 15 is 0 Å². The summed E-state index contributed by atoms with van der Waals surface area (Å²) < 4.78 is 11.2. The van der Waals surface area contributed by atoms with E-state index in [-0.39, 0.29) is 11.9 Å². The number of nitrogens with one attached hydrogen (secondary N) is 1. The highest BCUT2D eigenvalue weighted by Crippen LogP contribution is 2.31. The minimum atomic E-state index is -0.141. The van der Waals surface area contributed by atoms with Gasteiger partial charge in [0.25, 0.3) is 5.91 Å². The van der Waals surface area contributed by atoms with Gasteiger partial charge in [-0.3, -0.25) is 4.79 Å². The van der Waals surface area contributed by atoms with Crippen LogP contribution in [0.3, 0.4) is 0 Å². The number of aryl methyl sites for hydroxylation is 1. The van der Waals surface area contributed by atoms with Crippen LogP contribution in [-0.4, -0.2) is 25.7 Å². The number of benzene rings is 3. The Kier molecular flexibility index (Phi) is 6.23. The van der Waals surface area contributed by atoms with E-state index < -0.39 is 0 Å². The summed E-state index contributed by atoms with van der Waals surface area (Å²) in [6, 6.07) is 20.0. The van der Waals surface area contributed by atoms with Gasteiger partial charge in [-0.1, -0.05) is 30.3 Å². The zero-order chi connectivity index (χ0) is 21.8. The first-order chi connectivity index (χ1) is 15.0. The lowest BCUT2D eigenvalue weighted by Crippen LogP contribution is -2.27. The van der Waals surface area contributed by atoms with Crippen molar-refractivity contribution in [2.75, 3.05) is 19.8 Å². The smallest absolute Gasteiger partial charge is 0.252 e. The van der Waals surface area contributed by atoms with Crippen molar-refractivity contribution >= 4 is 5.91 Å². The molecule has 3 aromatic carbocycles. The van der Waals surface area contributed by atoms with Crippen molar-refractivity contribution in [3.05, 3.63) is 82.9 Å². The largest absolute Gasteiger partial charge is 0.493 e. The molecule has 1 amide bonds. The van der Waals surface area contributed by atoms with Crippen molar-refractivity contribution in [3.8, 4) is 22.6 Å². The maximum Gasteiger partial charge on any atom is 0.252 e. The second kappa shape index (κ2) is 9.23. The summed E-state index contributed by atoms with van der Waals surface area (Å²) in [5.74, 6) is 1.51. The molecule has 1 aliphatic heterocycles. The molecule has 5 heteroatoms. The summed E-state index contributed by atoms with van der Waals surface area (Å²) in [4.78, 5) is 13.0. The van der Waals surface area contributed by atoms with Crippen LogP contribution in [-0.2, 0) is 6.42 Å². The van der Waals surface area contributed by atoms with Crippen molar-refractivity contribution in [2.24, 2.45) is 5.73 Å². The van der Waals surface area contributed by atoms with Crippen LogP contribution in [0.2, 0.25) is 0 Å². The van der Waals surface area contributed by atoms with Crippen LogP contribution >= 0.6 is 0 Å². The number of ether oxygens (including phenoxy) is 2. The first-order valence-corrected chi connectivity index (χ1v) is 10.7. The molecular formula is C26H28N2O3. The van der Waals surface area contributed by atoms with Gasteiger partial charge in [-0.05, 0) is 72.0 Å². The summed E-state index contributed by atoms with van der Waals surface area (Å²) in [5, 5.41) is 3.12. The molecular weight excluding hydrogens is 388 g/mol. The van der Waals surface area contributed by atoms with Gasteiger partial charge < -0.3 is 20.5 Å². The van der Waals surface area contributed by atoms with Crippen molar-refractivity contribution in [1.29, 1.82) is 0 Å². The Bertz CT molecular complexity index is 1090. The first-order valence-electron chi connectivity index (χ1n) is 10.7. The number of rotatable bonds is 7. The fourth-order valence-electron chi connectivity index (χ4n) is 3.82. The van der Waals surface area contributed by atoms with Gasteiger partial charge in [0.2, 0.25) is 0 Å². The van der Waals surface area contributed by atoms with Crippen molar-refractivity contribution in [1.82, 2.24) is 5.32 Å². The minimum absolute atomic E-state index is 0.122. The molecule has 31 heavy (non-hydrogen) atoms. The van der Waals surface area contributed by atoms with E-state index in [2.05, 4.69) is 29.6 Å². The van der Waals surface area contributed by atoms with E-state index in [9.17, 15) is 4.79 Å². The quantitative estimate of drug-likeness (QED) is 0.598. The first kappa shape index (κ1) is 20.9. The second-order valence-electron chi connectivity index (χ2n) is 7.86. The molecule has 0 aromatic heterocycles. The highest BCUT2D eigenvalue weighted by molar-refractivity contribution is 5.96. The zero-order valence-corrected chi connectivity index (χ0v) is 18.0. The number of hydrogen-bond donors (Lipinski definition) is 2. The average Bonchev–Trinajstić information content (AvgIpc) is 3.26. The molecule has 5 nitrogen and oxygen atoms in total. The lowest BCUT2D eigenvalue weighted by Gasteiger charge is -2.17. The molecule has 0 saturated heterocycles. The number of carbonyl (C=O) groups is 1. The predicted octanol–water partition coefficient (Wildman–Crippen LogP) is 4.43. The Balaban J connectivity index is 1.51. The van der Waals surface area contributed by atoms with Gasteiger partial charge >= 0.3 is 0 Å². The van der Waals surface area contributed by atoms with E-state index in [0.717, 1.165) is 41.0 Å². The van der Waals surface area contributed by atoms with Gasteiger partial charge in [0, 0.05) is 18.5 Å². The summed E-state index contributed by atoms with van der Waals surface area (Å²) in [7, 11) is 0. The van der Waals surface area contributed by atoms with E-state index in [1.54, 1.807) is 6.07 Å². The Morgan fingerprint density at radius 1 is 1.13 bits per heavy atom. The highest BCUT2D eigenvalue weighted by atomic mass is 16.5.